The molecule has 1 atom stereocenters. The van der Waals surface area contributed by atoms with Gasteiger partial charge in [-0.2, -0.15) is 0 Å². The van der Waals surface area contributed by atoms with Gasteiger partial charge in [-0.25, -0.2) is 0 Å². The summed E-state index contributed by atoms with van der Waals surface area (Å²) in [6.45, 7) is 5.53. The third kappa shape index (κ3) is 3.53. The minimum Gasteiger partial charge on any atom is -0.497 e. The van der Waals surface area contributed by atoms with Gasteiger partial charge in [0.15, 0.2) is 0 Å². The molecule has 1 aromatic carbocycles. The van der Waals surface area contributed by atoms with E-state index in [0.29, 0.717) is 6.04 Å². The highest BCUT2D eigenvalue weighted by Gasteiger charge is 2.27. The molecule has 1 aliphatic rings. The Kier molecular flexibility index (Phi) is 4.20. The van der Waals surface area contributed by atoms with Crippen molar-refractivity contribution in [2.24, 2.45) is 0 Å². The van der Waals surface area contributed by atoms with Crippen LogP contribution >= 0.6 is 0 Å². The fourth-order valence-corrected chi connectivity index (χ4v) is 2.64. The predicted molar refractivity (Wildman–Crippen MR) is 78.3 cm³/mol. The van der Waals surface area contributed by atoms with Crippen molar-refractivity contribution in [2.75, 3.05) is 26.1 Å². The van der Waals surface area contributed by atoms with E-state index < -0.39 is 0 Å². The van der Waals surface area contributed by atoms with Crippen LogP contribution in [-0.4, -0.2) is 32.3 Å². The molecule has 1 aliphatic heterocycles. The van der Waals surface area contributed by atoms with Gasteiger partial charge in [-0.1, -0.05) is 0 Å². The largest absolute Gasteiger partial charge is 0.497 e. The molecule has 106 valence electrons. The van der Waals surface area contributed by atoms with E-state index in [9.17, 15) is 0 Å². The Balaban J connectivity index is 2.10. The molecule has 1 unspecified atom stereocenters. The Bertz CT molecular complexity index is 432. The summed E-state index contributed by atoms with van der Waals surface area (Å²) in [6, 6.07) is 6.36. The molecule has 0 radical (unpaired) electrons. The molecule has 1 fully saturated rings. The number of rotatable bonds is 4. The molecule has 1 saturated heterocycles. The van der Waals surface area contributed by atoms with Crippen LogP contribution in [0.2, 0.25) is 0 Å². The van der Waals surface area contributed by atoms with Gasteiger partial charge in [0.2, 0.25) is 0 Å². The first-order chi connectivity index (χ1) is 9.04. The van der Waals surface area contributed by atoms with Gasteiger partial charge in [-0.3, -0.25) is 0 Å². The minimum absolute atomic E-state index is 0.190. The van der Waals surface area contributed by atoms with E-state index in [2.05, 4.69) is 24.5 Å². The molecule has 0 bridgehead atoms. The topological polar surface area (TPSA) is 42.5 Å². The highest BCUT2D eigenvalue weighted by molar-refractivity contribution is 5.59. The molecule has 0 spiro atoms. The Labute approximate surface area is 115 Å². The molecule has 0 amide bonds. The van der Waals surface area contributed by atoms with Gasteiger partial charge in [0.05, 0.1) is 19.9 Å². The van der Waals surface area contributed by atoms with Crippen LogP contribution in [0, 0.1) is 0 Å². The first-order valence-electron chi connectivity index (χ1n) is 6.78. The van der Waals surface area contributed by atoms with Crippen molar-refractivity contribution in [3.05, 3.63) is 18.2 Å². The number of nitrogens with one attached hydrogen (secondary N) is 2. The third-order valence-corrected chi connectivity index (χ3v) is 3.62. The number of hydrogen-bond acceptors (Lipinski definition) is 4. The number of ether oxygens (including phenoxy) is 2. The smallest absolute Gasteiger partial charge is 0.145 e. The second-order valence-electron chi connectivity index (χ2n) is 5.71. The van der Waals surface area contributed by atoms with Crippen molar-refractivity contribution in [2.45, 2.75) is 38.3 Å². The Morgan fingerprint density at radius 1 is 1.26 bits per heavy atom. The first kappa shape index (κ1) is 14.0. The quantitative estimate of drug-likeness (QED) is 0.877. The highest BCUT2D eigenvalue weighted by Crippen LogP contribution is 2.31. The lowest BCUT2D eigenvalue weighted by atomic mass is 9.89. The van der Waals surface area contributed by atoms with Gasteiger partial charge >= 0.3 is 0 Å². The summed E-state index contributed by atoms with van der Waals surface area (Å²) in [5.74, 6) is 1.64. The van der Waals surface area contributed by atoms with Crippen molar-refractivity contribution in [1.82, 2.24) is 5.32 Å². The van der Waals surface area contributed by atoms with Gasteiger partial charge in [-0.05, 0) is 45.4 Å². The summed E-state index contributed by atoms with van der Waals surface area (Å²) < 4.78 is 10.6. The van der Waals surface area contributed by atoms with Crippen LogP contribution in [-0.2, 0) is 0 Å². The van der Waals surface area contributed by atoms with E-state index in [1.165, 1.54) is 0 Å². The molecule has 1 aromatic rings. The van der Waals surface area contributed by atoms with E-state index in [4.69, 9.17) is 9.47 Å². The Hall–Kier alpha value is -1.42. The van der Waals surface area contributed by atoms with E-state index in [1.54, 1.807) is 14.2 Å². The second kappa shape index (κ2) is 5.70. The molecule has 4 nitrogen and oxygen atoms in total. The summed E-state index contributed by atoms with van der Waals surface area (Å²) in [5.41, 5.74) is 1.22. The normalized spacial score (nSPS) is 21.8. The van der Waals surface area contributed by atoms with Crippen LogP contribution < -0.4 is 20.1 Å². The fraction of sp³-hybridized carbons (Fsp3) is 0.600. The standard InChI is InChI=1S/C15H24N2O2/c1-15(2)10-11(7-8-16-15)17-13-6-5-12(18-3)9-14(13)19-4/h5-6,9,11,16-17H,7-8,10H2,1-4H3. The average molecular weight is 264 g/mol. The third-order valence-electron chi connectivity index (χ3n) is 3.62. The van der Waals surface area contributed by atoms with Crippen molar-refractivity contribution in [1.29, 1.82) is 0 Å². The molecular weight excluding hydrogens is 240 g/mol. The zero-order valence-electron chi connectivity index (χ0n) is 12.2. The molecule has 4 heteroatoms. The van der Waals surface area contributed by atoms with E-state index in [-0.39, 0.29) is 5.54 Å². The number of piperidine rings is 1. The number of benzene rings is 1. The Morgan fingerprint density at radius 2 is 2.05 bits per heavy atom. The van der Waals surface area contributed by atoms with Gasteiger partial charge in [-0.15, -0.1) is 0 Å². The van der Waals surface area contributed by atoms with Crippen LogP contribution in [0.5, 0.6) is 11.5 Å². The monoisotopic (exact) mass is 264 g/mol. The van der Waals surface area contributed by atoms with Crippen molar-refractivity contribution < 1.29 is 9.47 Å². The maximum Gasteiger partial charge on any atom is 0.145 e. The van der Waals surface area contributed by atoms with Crippen molar-refractivity contribution >= 4 is 5.69 Å². The number of anilines is 1. The second-order valence-corrected chi connectivity index (χ2v) is 5.71. The van der Waals surface area contributed by atoms with Crippen LogP contribution in [0.3, 0.4) is 0 Å². The molecule has 2 rings (SSSR count). The first-order valence-corrected chi connectivity index (χ1v) is 6.78. The molecule has 0 saturated carbocycles. The van der Waals surface area contributed by atoms with Gasteiger partial charge < -0.3 is 20.1 Å². The molecule has 0 aliphatic carbocycles. The number of hydrogen-bond donors (Lipinski definition) is 2. The fourth-order valence-electron chi connectivity index (χ4n) is 2.64. The van der Waals surface area contributed by atoms with Crippen LogP contribution in [0.4, 0.5) is 5.69 Å². The average Bonchev–Trinajstić information content (AvgIpc) is 2.38. The lowest BCUT2D eigenvalue weighted by Gasteiger charge is -2.37. The van der Waals surface area contributed by atoms with E-state index >= 15 is 0 Å². The number of methoxy groups -OCH3 is 2. The van der Waals surface area contributed by atoms with E-state index in [1.807, 2.05) is 18.2 Å². The van der Waals surface area contributed by atoms with Gasteiger partial charge in [0, 0.05) is 17.6 Å². The van der Waals surface area contributed by atoms with Gasteiger partial charge in [0.25, 0.3) is 0 Å². The Morgan fingerprint density at radius 3 is 2.68 bits per heavy atom. The molecule has 1 heterocycles. The van der Waals surface area contributed by atoms with Crippen molar-refractivity contribution in [3.63, 3.8) is 0 Å². The molecule has 2 N–H and O–H groups in total. The minimum atomic E-state index is 0.190. The summed E-state index contributed by atoms with van der Waals surface area (Å²) in [4.78, 5) is 0. The summed E-state index contributed by atoms with van der Waals surface area (Å²) in [5, 5.41) is 7.12. The maximum absolute atomic E-state index is 5.42. The highest BCUT2D eigenvalue weighted by atomic mass is 16.5. The molecule has 0 aromatic heterocycles. The maximum atomic E-state index is 5.42. The van der Waals surface area contributed by atoms with Crippen LogP contribution in [0.25, 0.3) is 0 Å². The van der Waals surface area contributed by atoms with Crippen LogP contribution in [0.15, 0.2) is 18.2 Å². The molecule has 19 heavy (non-hydrogen) atoms. The molecular formula is C15H24N2O2. The summed E-state index contributed by atoms with van der Waals surface area (Å²) >= 11 is 0. The SMILES string of the molecule is COc1ccc(NC2CCNC(C)(C)C2)c(OC)c1. The van der Waals surface area contributed by atoms with Crippen LogP contribution in [0.1, 0.15) is 26.7 Å². The summed E-state index contributed by atoms with van der Waals surface area (Å²) in [7, 11) is 3.35. The zero-order chi connectivity index (χ0) is 13.9. The predicted octanol–water partition coefficient (Wildman–Crippen LogP) is 2.65. The lowest BCUT2D eigenvalue weighted by Crippen LogP contribution is -2.50. The van der Waals surface area contributed by atoms with Gasteiger partial charge in [0.1, 0.15) is 11.5 Å². The van der Waals surface area contributed by atoms with Crippen molar-refractivity contribution in [3.8, 4) is 11.5 Å². The summed E-state index contributed by atoms with van der Waals surface area (Å²) in [6.07, 6.45) is 2.22. The zero-order valence-corrected chi connectivity index (χ0v) is 12.2. The van der Waals surface area contributed by atoms with E-state index in [0.717, 1.165) is 36.6 Å². The lowest BCUT2D eigenvalue weighted by molar-refractivity contribution is 0.286.